The van der Waals surface area contributed by atoms with Gasteiger partial charge in [0.15, 0.2) is 0 Å². The molecule has 0 saturated heterocycles. The van der Waals surface area contributed by atoms with Crippen LogP contribution >= 0.6 is 11.6 Å². The maximum atomic E-state index is 12.0. The van der Waals surface area contributed by atoms with Crippen LogP contribution in [0.4, 0.5) is 5.69 Å². The van der Waals surface area contributed by atoms with Gasteiger partial charge in [0.05, 0.1) is 11.4 Å². The van der Waals surface area contributed by atoms with Gasteiger partial charge in [0, 0.05) is 16.8 Å². The number of hydrogen-bond acceptors (Lipinski definition) is 4. The highest BCUT2D eigenvalue weighted by atomic mass is 35.5. The van der Waals surface area contributed by atoms with Gasteiger partial charge < -0.3 is 10.6 Å². The van der Waals surface area contributed by atoms with Gasteiger partial charge in [-0.1, -0.05) is 35.9 Å². The largest absolute Gasteiger partial charge is 0.325 e. The first-order chi connectivity index (χ1) is 11.3. The zero-order chi connectivity index (χ0) is 17.7. The zero-order valence-electron chi connectivity index (χ0n) is 13.0. The van der Waals surface area contributed by atoms with Crippen LogP contribution in [-0.4, -0.2) is 20.9 Å². The van der Waals surface area contributed by atoms with E-state index in [1.165, 1.54) is 18.2 Å². The number of amides is 1. The van der Waals surface area contributed by atoms with E-state index in [0.29, 0.717) is 10.7 Å². The van der Waals surface area contributed by atoms with Crippen molar-refractivity contribution in [3.63, 3.8) is 0 Å². The maximum absolute atomic E-state index is 12.0. The monoisotopic (exact) mass is 367 g/mol. The Labute approximate surface area is 146 Å². The molecule has 0 aliphatic carbocycles. The Morgan fingerprint density at radius 3 is 2.58 bits per heavy atom. The van der Waals surface area contributed by atoms with Gasteiger partial charge in [-0.3, -0.25) is 4.79 Å². The molecule has 2 aromatic carbocycles. The standard InChI is InChI=1S/C16H18ClN3O3S/c1-11(14-7-2-3-8-15(14)17)19-10-16(21)20-12-5-4-6-13(9-12)24(18,22)23/h2-9,11,19H,10H2,1H3,(H,20,21)(H2,18,22,23)/t11-/m0/s1. The lowest BCUT2D eigenvalue weighted by Crippen LogP contribution is -2.30. The minimum Gasteiger partial charge on any atom is -0.325 e. The Morgan fingerprint density at radius 2 is 1.92 bits per heavy atom. The van der Waals surface area contributed by atoms with Crippen LogP contribution in [0.2, 0.25) is 5.02 Å². The van der Waals surface area contributed by atoms with Gasteiger partial charge in [0.2, 0.25) is 15.9 Å². The van der Waals surface area contributed by atoms with E-state index in [-0.39, 0.29) is 23.4 Å². The molecule has 0 saturated carbocycles. The van der Waals surface area contributed by atoms with Crippen LogP contribution < -0.4 is 15.8 Å². The lowest BCUT2D eigenvalue weighted by atomic mass is 10.1. The van der Waals surface area contributed by atoms with Gasteiger partial charge in [-0.05, 0) is 36.8 Å². The zero-order valence-corrected chi connectivity index (χ0v) is 14.6. The van der Waals surface area contributed by atoms with Crippen molar-refractivity contribution < 1.29 is 13.2 Å². The lowest BCUT2D eigenvalue weighted by molar-refractivity contribution is -0.115. The number of hydrogen-bond donors (Lipinski definition) is 3. The van der Waals surface area contributed by atoms with Gasteiger partial charge in [-0.15, -0.1) is 0 Å². The maximum Gasteiger partial charge on any atom is 0.238 e. The molecule has 0 unspecified atom stereocenters. The fourth-order valence-electron chi connectivity index (χ4n) is 2.14. The number of carbonyl (C=O) groups excluding carboxylic acids is 1. The van der Waals surface area contributed by atoms with Crippen LogP contribution in [0.1, 0.15) is 18.5 Å². The van der Waals surface area contributed by atoms with Crippen molar-refractivity contribution >= 4 is 33.2 Å². The Hall–Kier alpha value is -1.93. The van der Waals surface area contributed by atoms with Crippen molar-refractivity contribution in [1.29, 1.82) is 0 Å². The van der Waals surface area contributed by atoms with Gasteiger partial charge in [0.1, 0.15) is 0 Å². The molecule has 0 aliphatic heterocycles. The number of rotatable bonds is 6. The summed E-state index contributed by atoms with van der Waals surface area (Å²) in [5.74, 6) is -0.305. The summed E-state index contributed by atoms with van der Waals surface area (Å²) >= 11 is 6.12. The molecule has 0 spiro atoms. The summed E-state index contributed by atoms with van der Waals surface area (Å²) in [7, 11) is -3.81. The number of sulfonamides is 1. The van der Waals surface area contributed by atoms with Crippen molar-refractivity contribution in [2.75, 3.05) is 11.9 Å². The summed E-state index contributed by atoms with van der Waals surface area (Å²) in [6.07, 6.45) is 0. The quantitative estimate of drug-likeness (QED) is 0.728. The molecule has 8 heteroatoms. The van der Waals surface area contributed by atoms with Crippen LogP contribution in [0.15, 0.2) is 53.4 Å². The SMILES string of the molecule is C[C@H](NCC(=O)Nc1cccc(S(N)(=O)=O)c1)c1ccccc1Cl. The van der Waals surface area contributed by atoms with Crippen LogP contribution in [0, 0.1) is 0 Å². The number of nitrogens with one attached hydrogen (secondary N) is 2. The second-order valence-corrected chi connectivity index (χ2v) is 7.21. The highest BCUT2D eigenvalue weighted by Gasteiger charge is 2.12. The molecule has 0 aliphatic rings. The van der Waals surface area contributed by atoms with E-state index in [1.54, 1.807) is 12.1 Å². The summed E-state index contributed by atoms with van der Waals surface area (Å²) in [5, 5.41) is 11.4. The van der Waals surface area contributed by atoms with Crippen molar-refractivity contribution in [3.05, 3.63) is 59.1 Å². The number of nitrogens with two attached hydrogens (primary N) is 1. The molecule has 1 atom stereocenters. The third-order valence-corrected chi connectivity index (χ3v) is 4.64. The summed E-state index contributed by atoms with van der Waals surface area (Å²) in [4.78, 5) is 11.9. The molecule has 24 heavy (non-hydrogen) atoms. The highest BCUT2D eigenvalue weighted by molar-refractivity contribution is 7.89. The molecule has 0 fully saturated rings. The van der Waals surface area contributed by atoms with Crippen molar-refractivity contribution in [3.8, 4) is 0 Å². The number of carbonyl (C=O) groups is 1. The van der Waals surface area contributed by atoms with Gasteiger partial charge in [-0.25, -0.2) is 13.6 Å². The Bertz CT molecular complexity index is 840. The van der Waals surface area contributed by atoms with Crippen molar-refractivity contribution in [2.24, 2.45) is 5.14 Å². The molecule has 6 nitrogen and oxygen atoms in total. The minimum atomic E-state index is -3.81. The van der Waals surface area contributed by atoms with Crippen LogP contribution in [0.25, 0.3) is 0 Å². The topological polar surface area (TPSA) is 101 Å². The second-order valence-electron chi connectivity index (χ2n) is 5.25. The normalized spacial score (nSPS) is 12.6. The first kappa shape index (κ1) is 18.4. The highest BCUT2D eigenvalue weighted by Crippen LogP contribution is 2.22. The number of halogens is 1. The number of benzene rings is 2. The molecule has 0 bridgehead atoms. The average Bonchev–Trinajstić information content (AvgIpc) is 2.52. The Balaban J connectivity index is 1.96. The molecule has 0 heterocycles. The fourth-order valence-corrected chi connectivity index (χ4v) is 3.00. The minimum absolute atomic E-state index is 0.0476. The molecule has 2 aromatic rings. The first-order valence-corrected chi connectivity index (χ1v) is 9.10. The molecule has 4 N–H and O–H groups in total. The molecule has 1 amide bonds. The summed E-state index contributed by atoms with van der Waals surface area (Å²) in [6, 6.07) is 13.0. The summed E-state index contributed by atoms with van der Waals surface area (Å²) in [6.45, 7) is 1.95. The fraction of sp³-hybridized carbons (Fsp3) is 0.188. The predicted octanol–water partition coefficient (Wildman–Crippen LogP) is 2.28. The number of primary sulfonamides is 1. The summed E-state index contributed by atoms with van der Waals surface area (Å²) < 4.78 is 22.6. The lowest BCUT2D eigenvalue weighted by Gasteiger charge is -2.15. The molecule has 0 radical (unpaired) electrons. The van der Waals surface area contributed by atoms with E-state index in [1.807, 2.05) is 25.1 Å². The summed E-state index contributed by atoms with van der Waals surface area (Å²) in [5.41, 5.74) is 1.25. The average molecular weight is 368 g/mol. The van der Waals surface area contributed by atoms with E-state index in [0.717, 1.165) is 5.56 Å². The van der Waals surface area contributed by atoms with Crippen molar-refractivity contribution in [1.82, 2.24) is 5.32 Å². The van der Waals surface area contributed by atoms with E-state index >= 15 is 0 Å². The van der Waals surface area contributed by atoms with E-state index in [4.69, 9.17) is 16.7 Å². The second kappa shape index (κ2) is 7.76. The molecule has 2 rings (SSSR count). The smallest absolute Gasteiger partial charge is 0.238 e. The molecule has 128 valence electrons. The van der Waals surface area contributed by atoms with Gasteiger partial charge in [-0.2, -0.15) is 0 Å². The van der Waals surface area contributed by atoms with Gasteiger partial charge >= 0.3 is 0 Å². The Morgan fingerprint density at radius 1 is 1.21 bits per heavy atom. The number of anilines is 1. The van der Waals surface area contributed by atoms with Crippen molar-refractivity contribution in [2.45, 2.75) is 17.9 Å². The molecular weight excluding hydrogens is 350 g/mol. The van der Waals surface area contributed by atoms with Crippen LogP contribution in [0.5, 0.6) is 0 Å². The first-order valence-electron chi connectivity index (χ1n) is 7.18. The Kier molecular flexibility index (Phi) is 5.95. The van der Waals surface area contributed by atoms with Crippen LogP contribution in [0.3, 0.4) is 0 Å². The predicted molar refractivity (Wildman–Crippen MR) is 94.3 cm³/mol. The third-order valence-electron chi connectivity index (χ3n) is 3.39. The van der Waals surface area contributed by atoms with E-state index in [9.17, 15) is 13.2 Å². The van der Waals surface area contributed by atoms with Crippen LogP contribution in [-0.2, 0) is 14.8 Å². The molecule has 0 aromatic heterocycles. The third kappa shape index (κ3) is 5.04. The van der Waals surface area contributed by atoms with E-state index < -0.39 is 10.0 Å². The van der Waals surface area contributed by atoms with E-state index in [2.05, 4.69) is 10.6 Å². The van der Waals surface area contributed by atoms with Gasteiger partial charge in [0.25, 0.3) is 0 Å². The molecular formula is C16H18ClN3O3S.